The minimum Gasteiger partial charge on any atom is -0.409 e. The van der Waals surface area contributed by atoms with Gasteiger partial charge in [0, 0.05) is 12.6 Å². The summed E-state index contributed by atoms with van der Waals surface area (Å²) in [5.74, 6) is -0.238. The summed E-state index contributed by atoms with van der Waals surface area (Å²) in [5.41, 5.74) is 7.25. The Morgan fingerprint density at radius 2 is 2.00 bits per heavy atom. The maximum Gasteiger partial charge on any atom is 0.260 e. The number of rotatable bonds is 3. The van der Waals surface area contributed by atoms with Crippen LogP contribution in [0.25, 0.3) is 0 Å². The number of amides is 1. The molecule has 1 aromatic heterocycles. The number of halogens is 2. The molecule has 1 heterocycles. The van der Waals surface area contributed by atoms with Crippen LogP contribution in [-0.4, -0.2) is 24.0 Å². The largest absolute Gasteiger partial charge is 0.409 e. The number of nitrogens with two attached hydrogens (primary N) is 1. The number of nitrogens with zero attached hydrogens (tertiary/aromatic N) is 2. The van der Waals surface area contributed by atoms with Crippen molar-refractivity contribution in [1.82, 2.24) is 0 Å². The molecule has 0 aliphatic carbocycles. The van der Waals surface area contributed by atoms with Crippen molar-refractivity contribution in [2.45, 2.75) is 0 Å². The number of thiophene rings is 1. The normalized spacial score (nSPS) is 11.5. The van der Waals surface area contributed by atoms with E-state index in [0.29, 0.717) is 16.8 Å². The first kappa shape index (κ1) is 16.0. The topological polar surface area (TPSA) is 78.9 Å². The summed E-state index contributed by atoms with van der Waals surface area (Å²) >= 11 is 8.15. The van der Waals surface area contributed by atoms with E-state index >= 15 is 0 Å². The Balaban J connectivity index is 2.43. The first-order valence-corrected chi connectivity index (χ1v) is 8.15. The quantitative estimate of drug-likeness (QED) is 0.336. The molecule has 0 fully saturated rings. The Labute approximate surface area is 142 Å². The maximum atomic E-state index is 12.6. The molecule has 5 nitrogen and oxygen atoms in total. The molecule has 0 aliphatic rings. The van der Waals surface area contributed by atoms with Gasteiger partial charge in [0.05, 0.1) is 18.8 Å². The Morgan fingerprint density at radius 3 is 2.57 bits per heavy atom. The minimum atomic E-state index is -0.193. The molecule has 0 atom stereocenters. The highest BCUT2D eigenvalue weighted by Crippen LogP contribution is 2.33. The van der Waals surface area contributed by atoms with E-state index < -0.39 is 0 Å². The van der Waals surface area contributed by atoms with Crippen LogP contribution >= 0.6 is 43.2 Å². The third kappa shape index (κ3) is 3.28. The van der Waals surface area contributed by atoms with Crippen LogP contribution in [0.4, 0.5) is 5.69 Å². The fourth-order valence-corrected chi connectivity index (χ4v) is 4.59. The lowest BCUT2D eigenvalue weighted by atomic mass is 10.1. The van der Waals surface area contributed by atoms with Crippen LogP contribution in [0.2, 0.25) is 0 Å². The number of carbonyl (C=O) groups excluding carboxylic acids is 1. The highest BCUT2D eigenvalue weighted by molar-refractivity contribution is 9.12. The molecule has 110 valence electrons. The summed E-state index contributed by atoms with van der Waals surface area (Å²) < 4.78 is 1.60. The zero-order valence-electron chi connectivity index (χ0n) is 10.9. The van der Waals surface area contributed by atoms with Gasteiger partial charge in [-0.2, -0.15) is 0 Å². The average molecular weight is 433 g/mol. The van der Waals surface area contributed by atoms with Crippen LogP contribution in [0, 0.1) is 0 Å². The summed E-state index contributed by atoms with van der Waals surface area (Å²) in [6.07, 6.45) is 0. The molecular formula is C13H11Br2N3O2S. The third-order valence-electron chi connectivity index (χ3n) is 2.84. The van der Waals surface area contributed by atoms with Crippen LogP contribution in [0.5, 0.6) is 0 Å². The monoisotopic (exact) mass is 431 g/mol. The van der Waals surface area contributed by atoms with Gasteiger partial charge < -0.3 is 15.8 Å². The summed E-state index contributed by atoms with van der Waals surface area (Å²) in [4.78, 5) is 14.0. The van der Waals surface area contributed by atoms with E-state index in [2.05, 4.69) is 37.0 Å². The minimum absolute atomic E-state index is 0.0455. The number of benzene rings is 1. The molecule has 0 radical (unpaired) electrons. The van der Waals surface area contributed by atoms with Crippen molar-refractivity contribution in [2.24, 2.45) is 10.9 Å². The predicted octanol–water partition coefficient (Wildman–Crippen LogP) is 3.64. The van der Waals surface area contributed by atoms with Crippen molar-refractivity contribution in [3.05, 3.63) is 49.0 Å². The van der Waals surface area contributed by atoms with Gasteiger partial charge in [0.25, 0.3) is 5.91 Å². The van der Waals surface area contributed by atoms with Crippen molar-refractivity contribution in [3.8, 4) is 0 Å². The fourth-order valence-electron chi connectivity index (χ4n) is 1.81. The highest BCUT2D eigenvalue weighted by Gasteiger charge is 2.21. The van der Waals surface area contributed by atoms with Gasteiger partial charge in [-0.15, -0.1) is 11.3 Å². The van der Waals surface area contributed by atoms with Gasteiger partial charge in [-0.1, -0.05) is 17.3 Å². The van der Waals surface area contributed by atoms with Gasteiger partial charge in [0.15, 0.2) is 5.84 Å². The Kier molecular flexibility index (Phi) is 5.02. The number of para-hydroxylation sites is 1. The first-order valence-electron chi connectivity index (χ1n) is 5.75. The van der Waals surface area contributed by atoms with E-state index in [0.717, 1.165) is 7.57 Å². The molecule has 2 aromatic rings. The van der Waals surface area contributed by atoms with Crippen molar-refractivity contribution in [3.63, 3.8) is 0 Å². The lowest BCUT2D eigenvalue weighted by Crippen LogP contribution is -2.29. The Bertz CT molecular complexity index is 715. The SMILES string of the molecule is CN(C(=O)c1cc(Br)sc1Br)c1ccccc1/C(N)=N/O. The number of amidine groups is 1. The van der Waals surface area contributed by atoms with Gasteiger partial charge in [0.1, 0.15) is 0 Å². The molecule has 0 spiro atoms. The second-order valence-electron chi connectivity index (χ2n) is 4.10. The van der Waals surface area contributed by atoms with Crippen molar-refractivity contribution in [1.29, 1.82) is 0 Å². The molecule has 0 aliphatic heterocycles. The van der Waals surface area contributed by atoms with E-state index in [1.165, 1.54) is 16.2 Å². The smallest absolute Gasteiger partial charge is 0.260 e. The second kappa shape index (κ2) is 6.59. The van der Waals surface area contributed by atoms with E-state index in [1.807, 2.05) is 0 Å². The number of carbonyl (C=O) groups is 1. The van der Waals surface area contributed by atoms with Crippen molar-refractivity contribution >= 4 is 60.6 Å². The third-order valence-corrected chi connectivity index (χ3v) is 5.18. The number of hydrogen-bond acceptors (Lipinski definition) is 4. The highest BCUT2D eigenvalue weighted by atomic mass is 79.9. The summed E-state index contributed by atoms with van der Waals surface area (Å²) in [6.45, 7) is 0. The van der Waals surface area contributed by atoms with Crippen LogP contribution < -0.4 is 10.6 Å². The summed E-state index contributed by atoms with van der Waals surface area (Å²) in [6, 6.07) is 8.71. The van der Waals surface area contributed by atoms with Gasteiger partial charge in [-0.3, -0.25) is 4.79 Å². The Hall–Kier alpha value is -1.38. The molecule has 0 saturated carbocycles. The van der Waals surface area contributed by atoms with E-state index in [-0.39, 0.29) is 11.7 Å². The molecule has 0 unspecified atom stereocenters. The average Bonchev–Trinajstić information content (AvgIpc) is 2.83. The molecule has 1 aromatic carbocycles. The van der Waals surface area contributed by atoms with Gasteiger partial charge in [-0.25, -0.2) is 0 Å². The zero-order valence-corrected chi connectivity index (χ0v) is 14.9. The van der Waals surface area contributed by atoms with E-state index in [9.17, 15) is 4.79 Å². The number of hydrogen-bond donors (Lipinski definition) is 2. The van der Waals surface area contributed by atoms with E-state index in [4.69, 9.17) is 10.9 Å². The van der Waals surface area contributed by atoms with Crippen LogP contribution in [0.3, 0.4) is 0 Å². The lowest BCUT2D eigenvalue weighted by molar-refractivity contribution is 0.0992. The molecule has 2 rings (SSSR count). The Morgan fingerprint density at radius 1 is 1.33 bits per heavy atom. The molecule has 21 heavy (non-hydrogen) atoms. The standard InChI is InChI=1S/C13H11Br2N3O2S/c1-18(13(19)8-6-10(14)21-11(8)15)9-5-3-2-4-7(9)12(16)17-20/h2-6,20H,1H3,(H2,16,17). The van der Waals surface area contributed by atoms with Crippen LogP contribution in [-0.2, 0) is 0 Å². The molecule has 8 heteroatoms. The maximum absolute atomic E-state index is 12.6. The number of oxime groups is 1. The van der Waals surface area contributed by atoms with Gasteiger partial charge >= 0.3 is 0 Å². The molecule has 0 bridgehead atoms. The molecule has 1 amide bonds. The molecule has 3 N–H and O–H groups in total. The molecular weight excluding hydrogens is 422 g/mol. The van der Waals surface area contributed by atoms with E-state index in [1.54, 1.807) is 37.4 Å². The molecule has 0 saturated heterocycles. The summed E-state index contributed by atoms with van der Waals surface area (Å²) in [5, 5.41) is 11.8. The van der Waals surface area contributed by atoms with Crippen molar-refractivity contribution < 1.29 is 10.0 Å². The van der Waals surface area contributed by atoms with Crippen molar-refractivity contribution in [2.75, 3.05) is 11.9 Å². The first-order chi connectivity index (χ1) is 9.95. The predicted molar refractivity (Wildman–Crippen MR) is 91.4 cm³/mol. The van der Waals surface area contributed by atoms with Gasteiger partial charge in [0.2, 0.25) is 0 Å². The second-order valence-corrected chi connectivity index (χ2v) is 7.85. The van der Waals surface area contributed by atoms with Gasteiger partial charge in [-0.05, 0) is 50.1 Å². The van der Waals surface area contributed by atoms with Crippen LogP contribution in [0.1, 0.15) is 15.9 Å². The fraction of sp³-hybridized carbons (Fsp3) is 0.0769. The number of anilines is 1. The summed E-state index contributed by atoms with van der Waals surface area (Å²) in [7, 11) is 1.64. The lowest BCUT2D eigenvalue weighted by Gasteiger charge is -2.20. The zero-order chi connectivity index (χ0) is 15.6. The van der Waals surface area contributed by atoms with Crippen LogP contribution in [0.15, 0.2) is 43.1 Å².